The molecule has 0 bridgehead atoms. The minimum Gasteiger partial charge on any atom is -0.384 e. The molecule has 1 aliphatic rings. The molecule has 3 aromatic rings. The van der Waals surface area contributed by atoms with E-state index in [1.54, 1.807) is 0 Å². The Bertz CT molecular complexity index is 910. The predicted octanol–water partition coefficient (Wildman–Crippen LogP) is 2.01. The molecule has 0 unspecified atom stereocenters. The van der Waals surface area contributed by atoms with Crippen molar-refractivity contribution in [3.63, 3.8) is 0 Å². The van der Waals surface area contributed by atoms with Crippen LogP contribution in [0, 0.1) is 0 Å². The van der Waals surface area contributed by atoms with Crippen LogP contribution in [-0.4, -0.2) is 32.9 Å². The average Bonchev–Trinajstić information content (AvgIpc) is 3.25. The Hall–Kier alpha value is -3.22. The summed E-state index contributed by atoms with van der Waals surface area (Å²) in [5, 5.41) is 11.0. The summed E-state index contributed by atoms with van der Waals surface area (Å²) in [7, 11) is 0. The van der Waals surface area contributed by atoms with Crippen molar-refractivity contribution in [2.45, 2.75) is 6.54 Å². The van der Waals surface area contributed by atoms with Crippen LogP contribution in [0.1, 0.15) is 11.4 Å². The van der Waals surface area contributed by atoms with Crippen LogP contribution in [0.3, 0.4) is 0 Å². The van der Waals surface area contributed by atoms with Gasteiger partial charge in [0, 0.05) is 23.4 Å². The maximum absolute atomic E-state index is 5.95. The summed E-state index contributed by atoms with van der Waals surface area (Å²) < 4.78 is 0. The minimum absolute atomic E-state index is 0.478. The fourth-order valence-electron chi connectivity index (χ4n) is 2.62. The van der Waals surface area contributed by atoms with Gasteiger partial charge < -0.3 is 11.1 Å². The molecule has 23 heavy (non-hydrogen) atoms. The van der Waals surface area contributed by atoms with Crippen molar-refractivity contribution in [1.29, 1.82) is 0 Å². The monoisotopic (exact) mass is 305 g/mol. The molecule has 7 nitrogen and oxygen atoms in total. The lowest BCUT2D eigenvalue weighted by Gasteiger charge is -2.11. The first-order valence-electron chi connectivity index (χ1n) is 7.27. The molecule has 0 saturated heterocycles. The lowest BCUT2D eigenvalue weighted by Crippen LogP contribution is -2.04. The molecule has 3 heterocycles. The normalized spacial score (nSPS) is 13.5. The Morgan fingerprint density at radius 2 is 2.22 bits per heavy atom. The van der Waals surface area contributed by atoms with Crippen molar-refractivity contribution in [3.8, 4) is 0 Å². The molecule has 0 fully saturated rings. The summed E-state index contributed by atoms with van der Waals surface area (Å²) in [6.07, 6.45) is 5.34. The Morgan fingerprint density at radius 3 is 3.00 bits per heavy atom. The smallest absolute Gasteiger partial charge is 0.143 e. The standard InChI is InChI=1S/C16H15N7/c17-15-6-13(19-8-16-20-9-21-23-16)12-2-1-10(5-14(12)22-15)11-3-4-18-7-11/h1-6,9H,7-8H2,(H3,17,19,22)(H,20,21,23). The quantitative estimate of drug-likeness (QED) is 0.684. The van der Waals surface area contributed by atoms with E-state index in [4.69, 9.17) is 5.73 Å². The van der Waals surface area contributed by atoms with E-state index in [9.17, 15) is 0 Å². The fourth-order valence-corrected chi connectivity index (χ4v) is 2.62. The average molecular weight is 305 g/mol. The van der Waals surface area contributed by atoms with Crippen LogP contribution in [0.5, 0.6) is 0 Å². The number of pyridine rings is 1. The molecule has 1 aliphatic heterocycles. The van der Waals surface area contributed by atoms with Gasteiger partial charge in [0.1, 0.15) is 18.0 Å². The summed E-state index contributed by atoms with van der Waals surface area (Å²) in [5.74, 6) is 1.24. The molecule has 4 rings (SSSR count). The highest BCUT2D eigenvalue weighted by atomic mass is 15.2. The summed E-state index contributed by atoms with van der Waals surface area (Å²) in [5.41, 5.74) is 10.0. The number of rotatable bonds is 4. The van der Waals surface area contributed by atoms with Crippen molar-refractivity contribution in [3.05, 3.63) is 48.1 Å². The minimum atomic E-state index is 0.478. The number of fused-ring (bicyclic) bond motifs is 1. The van der Waals surface area contributed by atoms with Crippen molar-refractivity contribution in [2.24, 2.45) is 4.99 Å². The van der Waals surface area contributed by atoms with Gasteiger partial charge in [0.05, 0.1) is 18.6 Å². The molecule has 7 heteroatoms. The number of nitrogens with two attached hydrogens (primary N) is 1. The zero-order valence-electron chi connectivity index (χ0n) is 12.3. The maximum Gasteiger partial charge on any atom is 0.143 e. The van der Waals surface area contributed by atoms with Crippen molar-refractivity contribution in [1.82, 2.24) is 20.2 Å². The van der Waals surface area contributed by atoms with E-state index in [0.717, 1.165) is 28.0 Å². The van der Waals surface area contributed by atoms with Crippen molar-refractivity contribution in [2.75, 3.05) is 17.6 Å². The molecule has 4 N–H and O–H groups in total. The van der Waals surface area contributed by atoms with Gasteiger partial charge >= 0.3 is 0 Å². The van der Waals surface area contributed by atoms with Gasteiger partial charge in [0.25, 0.3) is 0 Å². The number of nitrogens with one attached hydrogen (secondary N) is 2. The van der Waals surface area contributed by atoms with E-state index in [1.165, 1.54) is 11.9 Å². The van der Waals surface area contributed by atoms with Gasteiger partial charge in [0.15, 0.2) is 0 Å². The van der Waals surface area contributed by atoms with E-state index >= 15 is 0 Å². The molecule has 1 aromatic carbocycles. The van der Waals surface area contributed by atoms with Crippen LogP contribution in [0.25, 0.3) is 16.5 Å². The third-order valence-electron chi connectivity index (χ3n) is 3.75. The molecule has 0 radical (unpaired) electrons. The van der Waals surface area contributed by atoms with Gasteiger partial charge in [-0.1, -0.05) is 12.1 Å². The third-order valence-corrected chi connectivity index (χ3v) is 3.75. The highest BCUT2D eigenvalue weighted by Crippen LogP contribution is 2.28. The van der Waals surface area contributed by atoms with Gasteiger partial charge in [0.2, 0.25) is 0 Å². The molecule has 0 atom stereocenters. The topological polar surface area (TPSA) is 105 Å². The second-order valence-corrected chi connectivity index (χ2v) is 5.29. The van der Waals surface area contributed by atoms with Gasteiger partial charge in [-0.3, -0.25) is 10.1 Å². The van der Waals surface area contributed by atoms with Crippen molar-refractivity contribution >= 4 is 34.2 Å². The number of aromatic nitrogens is 4. The van der Waals surface area contributed by atoms with E-state index in [2.05, 4.69) is 42.6 Å². The van der Waals surface area contributed by atoms with E-state index in [0.29, 0.717) is 18.9 Å². The number of benzene rings is 1. The van der Waals surface area contributed by atoms with E-state index in [1.807, 2.05) is 24.4 Å². The van der Waals surface area contributed by atoms with Gasteiger partial charge in [-0.15, -0.1) is 0 Å². The van der Waals surface area contributed by atoms with Gasteiger partial charge in [-0.2, -0.15) is 5.10 Å². The first-order valence-corrected chi connectivity index (χ1v) is 7.27. The number of hydrogen-bond donors (Lipinski definition) is 3. The third kappa shape index (κ3) is 2.64. The number of anilines is 2. The SMILES string of the molecule is Nc1cc(NCc2ncn[nH]2)c2ccc(C3=CC=NC3)cc2n1. The van der Waals surface area contributed by atoms with Crippen LogP contribution in [-0.2, 0) is 6.54 Å². The molecule has 2 aromatic heterocycles. The van der Waals surface area contributed by atoms with E-state index in [-0.39, 0.29) is 0 Å². The van der Waals surface area contributed by atoms with Crippen LogP contribution in [0.15, 0.2) is 41.7 Å². The summed E-state index contributed by atoms with van der Waals surface area (Å²) in [6.45, 7) is 1.25. The number of nitrogens with zero attached hydrogens (tertiary/aromatic N) is 4. The molecule has 0 spiro atoms. The van der Waals surface area contributed by atoms with Crippen molar-refractivity contribution < 1.29 is 0 Å². The predicted molar refractivity (Wildman–Crippen MR) is 91.2 cm³/mol. The largest absolute Gasteiger partial charge is 0.384 e. The number of hydrogen-bond acceptors (Lipinski definition) is 6. The van der Waals surface area contributed by atoms with Crippen LogP contribution in [0.2, 0.25) is 0 Å². The number of allylic oxidation sites excluding steroid dienone is 1. The zero-order valence-corrected chi connectivity index (χ0v) is 12.3. The summed E-state index contributed by atoms with van der Waals surface area (Å²) in [4.78, 5) is 12.8. The van der Waals surface area contributed by atoms with Gasteiger partial charge in [-0.05, 0) is 23.3 Å². The Balaban J connectivity index is 1.70. The number of nitrogen functional groups attached to an aromatic ring is 1. The highest BCUT2D eigenvalue weighted by molar-refractivity contribution is 5.96. The molecular formula is C16H15N7. The van der Waals surface area contributed by atoms with Crippen LogP contribution in [0.4, 0.5) is 11.5 Å². The Morgan fingerprint density at radius 1 is 1.26 bits per heavy atom. The second kappa shape index (κ2) is 5.53. The Kier molecular flexibility index (Phi) is 3.23. The van der Waals surface area contributed by atoms with E-state index < -0.39 is 0 Å². The maximum atomic E-state index is 5.95. The zero-order chi connectivity index (χ0) is 15.6. The second-order valence-electron chi connectivity index (χ2n) is 5.29. The Labute approximate surface area is 132 Å². The van der Waals surface area contributed by atoms with Gasteiger partial charge in [-0.25, -0.2) is 9.97 Å². The molecular weight excluding hydrogens is 290 g/mol. The van der Waals surface area contributed by atoms with Crippen LogP contribution >= 0.6 is 0 Å². The fraction of sp³-hybridized carbons (Fsp3) is 0.125. The molecule has 0 saturated carbocycles. The molecule has 0 aliphatic carbocycles. The lowest BCUT2D eigenvalue weighted by atomic mass is 10.0. The lowest BCUT2D eigenvalue weighted by molar-refractivity contribution is 0.956. The number of aromatic amines is 1. The summed E-state index contributed by atoms with van der Waals surface area (Å²) >= 11 is 0. The van der Waals surface area contributed by atoms with Crippen LogP contribution < -0.4 is 11.1 Å². The highest BCUT2D eigenvalue weighted by Gasteiger charge is 2.09. The molecule has 114 valence electrons. The first-order chi connectivity index (χ1) is 11.3. The number of aliphatic imine (C=N–C) groups is 1. The summed E-state index contributed by atoms with van der Waals surface area (Å²) in [6, 6.07) is 8.02. The first kappa shape index (κ1) is 13.4. The molecule has 0 amide bonds. The number of H-pyrrole nitrogens is 1.